The zero-order chi connectivity index (χ0) is 13.6. The molecular formula is C12H15LiO5S. The van der Waals surface area contributed by atoms with Crippen LogP contribution in [0.2, 0.25) is 0 Å². The Hall–Kier alpha value is -0.933. The molecule has 0 bridgehead atoms. The first-order chi connectivity index (χ1) is 8.46. The molecule has 0 N–H and O–H groups in total. The predicted octanol–water partition coefficient (Wildman–Crippen LogP) is -1.34. The maximum Gasteiger partial charge on any atom is 1.00 e. The Bertz CT molecular complexity index is 513. The summed E-state index contributed by atoms with van der Waals surface area (Å²) in [5.74, 6) is 0.834. The molecule has 0 radical (unpaired) electrons. The van der Waals surface area contributed by atoms with Gasteiger partial charge in [-0.2, -0.15) is 0 Å². The van der Waals surface area contributed by atoms with Crippen LogP contribution in [-0.2, 0) is 10.1 Å². The zero-order valence-electron chi connectivity index (χ0n) is 11.1. The maximum atomic E-state index is 10.4. The second-order valence-electron chi connectivity index (χ2n) is 3.57. The van der Waals surface area contributed by atoms with Gasteiger partial charge in [0.1, 0.15) is 11.5 Å². The summed E-state index contributed by atoms with van der Waals surface area (Å²) >= 11 is 0. The van der Waals surface area contributed by atoms with Crippen molar-refractivity contribution in [1.29, 1.82) is 0 Å². The molecule has 100 valence electrons. The molecule has 0 saturated heterocycles. The third-order valence-electron chi connectivity index (χ3n) is 2.23. The van der Waals surface area contributed by atoms with Gasteiger partial charge >= 0.3 is 18.9 Å². The molecule has 1 rings (SSSR count). The van der Waals surface area contributed by atoms with Crippen LogP contribution in [0.15, 0.2) is 24.8 Å². The second kappa shape index (κ2) is 8.28. The summed E-state index contributed by atoms with van der Waals surface area (Å²) in [6.07, 6.45) is 1.77. The molecule has 7 heteroatoms. The van der Waals surface area contributed by atoms with Crippen LogP contribution in [0.3, 0.4) is 0 Å². The van der Waals surface area contributed by atoms with Crippen LogP contribution in [0.1, 0.15) is 12.0 Å². The Balaban J connectivity index is 0.00000324. The van der Waals surface area contributed by atoms with Crippen molar-refractivity contribution in [3.05, 3.63) is 30.3 Å². The van der Waals surface area contributed by atoms with Gasteiger partial charge in [-0.05, 0) is 24.6 Å². The Labute approximate surface area is 125 Å². The number of hydrogen-bond donors (Lipinski definition) is 0. The van der Waals surface area contributed by atoms with E-state index in [4.69, 9.17) is 9.47 Å². The van der Waals surface area contributed by atoms with Gasteiger partial charge in [0.15, 0.2) is 0 Å². The van der Waals surface area contributed by atoms with E-state index >= 15 is 0 Å². The van der Waals surface area contributed by atoms with E-state index in [-0.39, 0.29) is 31.9 Å². The third-order valence-corrected chi connectivity index (χ3v) is 3.02. The van der Waals surface area contributed by atoms with Gasteiger partial charge in [-0.1, -0.05) is 12.7 Å². The third kappa shape index (κ3) is 6.69. The van der Waals surface area contributed by atoms with Crippen molar-refractivity contribution in [3.8, 4) is 11.5 Å². The van der Waals surface area contributed by atoms with Crippen LogP contribution in [0.5, 0.6) is 11.5 Å². The molecule has 0 amide bonds. The Morgan fingerprint density at radius 2 is 2.11 bits per heavy atom. The van der Waals surface area contributed by atoms with E-state index in [9.17, 15) is 13.0 Å². The SMILES string of the molecule is C=Cc1cc(OC)ccc1OCCCS(=O)(=O)[O-].[Li+]. The zero-order valence-corrected chi connectivity index (χ0v) is 11.9. The van der Waals surface area contributed by atoms with Gasteiger partial charge in [0, 0.05) is 11.3 Å². The van der Waals surface area contributed by atoms with Gasteiger partial charge in [-0.3, -0.25) is 0 Å². The van der Waals surface area contributed by atoms with E-state index in [2.05, 4.69) is 6.58 Å². The topological polar surface area (TPSA) is 75.7 Å². The summed E-state index contributed by atoms with van der Waals surface area (Å²) in [6, 6.07) is 5.20. The molecule has 0 saturated carbocycles. The van der Waals surface area contributed by atoms with Gasteiger partial charge in [0.2, 0.25) is 0 Å². The summed E-state index contributed by atoms with van der Waals surface area (Å²) < 4.78 is 41.7. The monoisotopic (exact) mass is 278 g/mol. The average molecular weight is 278 g/mol. The van der Waals surface area contributed by atoms with Crippen LogP contribution in [0, 0.1) is 0 Å². The predicted molar refractivity (Wildman–Crippen MR) is 67.8 cm³/mol. The number of methoxy groups -OCH3 is 1. The Morgan fingerprint density at radius 3 is 2.63 bits per heavy atom. The normalized spacial score (nSPS) is 10.4. The van der Waals surface area contributed by atoms with Gasteiger partial charge in [-0.25, -0.2) is 8.42 Å². The Kier molecular flexibility index (Phi) is 7.87. The van der Waals surface area contributed by atoms with Crippen LogP contribution in [0.4, 0.5) is 0 Å². The van der Waals surface area contributed by atoms with E-state index in [1.807, 2.05) is 0 Å². The molecule has 0 aliphatic heterocycles. The van der Waals surface area contributed by atoms with Crippen molar-refractivity contribution >= 4 is 16.2 Å². The first-order valence-corrected chi connectivity index (χ1v) is 6.91. The molecule has 0 atom stereocenters. The van der Waals surface area contributed by atoms with Gasteiger partial charge in [-0.15, -0.1) is 0 Å². The smallest absolute Gasteiger partial charge is 0.748 e. The molecule has 0 aromatic heterocycles. The van der Waals surface area contributed by atoms with E-state index in [1.54, 1.807) is 31.4 Å². The Morgan fingerprint density at radius 1 is 1.42 bits per heavy atom. The number of ether oxygens (including phenoxy) is 2. The molecule has 0 aliphatic carbocycles. The van der Waals surface area contributed by atoms with Crippen molar-refractivity contribution in [3.63, 3.8) is 0 Å². The van der Waals surface area contributed by atoms with E-state index in [0.717, 1.165) is 5.56 Å². The minimum absolute atomic E-state index is 0. The molecule has 5 nitrogen and oxygen atoms in total. The first kappa shape index (κ1) is 18.1. The van der Waals surface area contributed by atoms with Crippen molar-refractivity contribution < 1.29 is 41.3 Å². The summed E-state index contributed by atoms with van der Waals surface area (Å²) in [4.78, 5) is 0. The van der Waals surface area contributed by atoms with Crippen LogP contribution >= 0.6 is 0 Å². The second-order valence-corrected chi connectivity index (χ2v) is 5.10. The largest absolute Gasteiger partial charge is 1.00 e. The molecular weight excluding hydrogens is 263 g/mol. The quantitative estimate of drug-likeness (QED) is 0.350. The fraction of sp³-hybridized carbons (Fsp3) is 0.333. The summed E-state index contributed by atoms with van der Waals surface area (Å²) in [6.45, 7) is 3.81. The van der Waals surface area contributed by atoms with Crippen LogP contribution in [-0.4, -0.2) is 32.4 Å². The van der Waals surface area contributed by atoms with Crippen molar-refractivity contribution in [2.24, 2.45) is 0 Å². The standard InChI is InChI=1S/C12H16O5S.Li/c1-3-10-9-11(16-2)5-6-12(10)17-7-4-8-18(13,14)15;/h3,5-6,9H,1,4,7-8H2,2H3,(H,13,14,15);/q;+1/p-1. The van der Waals surface area contributed by atoms with Crippen LogP contribution < -0.4 is 28.3 Å². The van der Waals surface area contributed by atoms with Crippen molar-refractivity contribution in [2.45, 2.75) is 6.42 Å². The number of benzene rings is 1. The summed E-state index contributed by atoms with van der Waals surface area (Å²) in [5, 5.41) is 0. The van der Waals surface area contributed by atoms with E-state index in [1.165, 1.54) is 0 Å². The van der Waals surface area contributed by atoms with E-state index in [0.29, 0.717) is 11.5 Å². The first-order valence-electron chi connectivity index (χ1n) is 5.33. The summed E-state index contributed by atoms with van der Waals surface area (Å²) in [5.41, 5.74) is 0.749. The minimum Gasteiger partial charge on any atom is -0.748 e. The fourth-order valence-electron chi connectivity index (χ4n) is 1.36. The summed E-state index contributed by atoms with van der Waals surface area (Å²) in [7, 11) is -2.62. The maximum absolute atomic E-state index is 10.4. The fourth-order valence-corrected chi connectivity index (χ4v) is 1.83. The van der Waals surface area contributed by atoms with E-state index < -0.39 is 15.9 Å². The van der Waals surface area contributed by atoms with Crippen molar-refractivity contribution in [1.82, 2.24) is 0 Å². The molecule has 1 aromatic carbocycles. The number of rotatable bonds is 7. The van der Waals surface area contributed by atoms with Crippen LogP contribution in [0.25, 0.3) is 6.08 Å². The van der Waals surface area contributed by atoms with Gasteiger partial charge < -0.3 is 14.0 Å². The molecule has 1 aromatic rings. The minimum atomic E-state index is -4.18. The molecule has 0 fully saturated rings. The molecule has 19 heavy (non-hydrogen) atoms. The van der Waals surface area contributed by atoms with Gasteiger partial charge in [0.25, 0.3) is 0 Å². The van der Waals surface area contributed by atoms with Gasteiger partial charge in [0.05, 0.1) is 23.8 Å². The van der Waals surface area contributed by atoms with Crippen molar-refractivity contribution in [2.75, 3.05) is 19.5 Å². The molecule has 0 unspecified atom stereocenters. The molecule has 0 heterocycles. The number of hydrogen-bond acceptors (Lipinski definition) is 5. The molecule has 0 aliphatic rings. The average Bonchev–Trinajstić information content (AvgIpc) is 2.33. The molecule has 0 spiro atoms.